The quantitative estimate of drug-likeness (QED) is 0.385. The Morgan fingerprint density at radius 3 is 2.56 bits per heavy atom. The molecule has 0 rings (SSSR count). The Balaban J connectivity index is 4.01. The summed E-state index contributed by atoms with van der Waals surface area (Å²) in [5.74, 6) is -1.05. The fourth-order valence-corrected chi connectivity index (χ4v) is 0.755. The zero-order valence-electron chi connectivity index (χ0n) is 9.45. The van der Waals surface area contributed by atoms with Gasteiger partial charge in [-0.1, -0.05) is 11.7 Å². The lowest BCUT2D eigenvalue weighted by molar-refractivity contribution is -0.137. The molecular formula is C10H16N2O4. The maximum Gasteiger partial charge on any atom is 0.303 e. The minimum atomic E-state index is -0.936. The first-order valence-electron chi connectivity index (χ1n) is 4.86. The molecule has 2 N–H and O–H groups in total. The summed E-state index contributed by atoms with van der Waals surface area (Å²) < 4.78 is 0. The van der Waals surface area contributed by atoms with Crippen LogP contribution in [-0.4, -0.2) is 29.2 Å². The molecule has 0 bridgehead atoms. The smallest absolute Gasteiger partial charge is 0.303 e. The zero-order chi connectivity index (χ0) is 12.6. The molecule has 90 valence electrons. The van der Waals surface area contributed by atoms with E-state index in [4.69, 9.17) is 9.94 Å². The van der Waals surface area contributed by atoms with E-state index < -0.39 is 5.97 Å². The molecule has 0 saturated heterocycles. The number of aliphatic carboxylic acids is 1. The van der Waals surface area contributed by atoms with Crippen molar-refractivity contribution >= 4 is 17.6 Å². The second-order valence-electron chi connectivity index (χ2n) is 3.06. The van der Waals surface area contributed by atoms with E-state index in [0.717, 1.165) is 0 Å². The molecule has 6 nitrogen and oxygen atoms in total. The van der Waals surface area contributed by atoms with E-state index in [-0.39, 0.29) is 30.2 Å². The predicted molar refractivity (Wildman–Crippen MR) is 58.9 cm³/mol. The summed E-state index contributed by atoms with van der Waals surface area (Å²) in [5, 5.41) is 14.5. The van der Waals surface area contributed by atoms with Gasteiger partial charge in [-0.05, 0) is 13.8 Å². The number of allylic oxidation sites excluding steroid dienone is 1. The Morgan fingerprint density at radius 2 is 2.06 bits per heavy atom. The SMILES string of the molecule is C=C(CCC(=O)O)O/N=C(\C)C(=O)NCC. The van der Waals surface area contributed by atoms with Crippen LogP contribution < -0.4 is 5.32 Å². The normalized spacial score (nSPS) is 10.8. The average molecular weight is 228 g/mol. The molecule has 0 aliphatic carbocycles. The van der Waals surface area contributed by atoms with E-state index in [1.54, 1.807) is 6.92 Å². The number of nitrogens with one attached hydrogen (secondary N) is 1. The number of carboxylic acids is 1. The molecule has 6 heteroatoms. The van der Waals surface area contributed by atoms with Crippen molar-refractivity contribution in [2.75, 3.05) is 6.54 Å². The molecule has 0 aromatic heterocycles. The second-order valence-corrected chi connectivity index (χ2v) is 3.06. The van der Waals surface area contributed by atoms with Crippen molar-refractivity contribution in [3.63, 3.8) is 0 Å². The van der Waals surface area contributed by atoms with Crippen molar-refractivity contribution in [1.29, 1.82) is 0 Å². The molecule has 16 heavy (non-hydrogen) atoms. The van der Waals surface area contributed by atoms with Crippen molar-refractivity contribution in [1.82, 2.24) is 5.32 Å². The number of rotatable bonds is 7. The van der Waals surface area contributed by atoms with Crippen LogP contribution in [-0.2, 0) is 14.4 Å². The molecular weight excluding hydrogens is 212 g/mol. The average Bonchev–Trinajstić information content (AvgIpc) is 2.23. The summed E-state index contributed by atoms with van der Waals surface area (Å²) in [6.07, 6.45) is 0.0933. The van der Waals surface area contributed by atoms with Crippen LogP contribution in [0.1, 0.15) is 26.7 Å². The zero-order valence-corrected chi connectivity index (χ0v) is 9.45. The Kier molecular flexibility index (Phi) is 6.58. The molecule has 1 amide bonds. The van der Waals surface area contributed by atoms with E-state index in [1.165, 1.54) is 6.92 Å². The van der Waals surface area contributed by atoms with Gasteiger partial charge in [-0.15, -0.1) is 0 Å². The maximum absolute atomic E-state index is 11.2. The van der Waals surface area contributed by atoms with Gasteiger partial charge in [0.1, 0.15) is 11.5 Å². The first-order valence-corrected chi connectivity index (χ1v) is 4.86. The van der Waals surface area contributed by atoms with Gasteiger partial charge in [0.2, 0.25) is 0 Å². The van der Waals surface area contributed by atoms with Crippen molar-refractivity contribution in [2.45, 2.75) is 26.7 Å². The van der Waals surface area contributed by atoms with Gasteiger partial charge in [-0.2, -0.15) is 0 Å². The Hall–Kier alpha value is -1.85. The minimum absolute atomic E-state index is 0.0748. The minimum Gasteiger partial charge on any atom is -0.481 e. The predicted octanol–water partition coefficient (Wildman–Crippen LogP) is 0.893. The highest BCUT2D eigenvalue weighted by Crippen LogP contribution is 2.04. The van der Waals surface area contributed by atoms with Gasteiger partial charge in [0.05, 0.1) is 6.42 Å². The number of hydrogen-bond donors (Lipinski definition) is 2. The number of carbonyl (C=O) groups excluding carboxylic acids is 1. The topological polar surface area (TPSA) is 88.0 Å². The first-order chi connectivity index (χ1) is 7.47. The van der Waals surface area contributed by atoms with Crippen LogP contribution in [0.2, 0.25) is 0 Å². The lowest BCUT2D eigenvalue weighted by atomic mass is 10.3. The van der Waals surface area contributed by atoms with Crippen molar-refractivity contribution < 1.29 is 19.5 Å². The second kappa shape index (κ2) is 7.44. The highest BCUT2D eigenvalue weighted by molar-refractivity contribution is 6.37. The molecule has 0 aromatic rings. The van der Waals surface area contributed by atoms with Gasteiger partial charge in [-0.3, -0.25) is 9.59 Å². The van der Waals surface area contributed by atoms with Crippen LogP contribution in [0.25, 0.3) is 0 Å². The third-order valence-electron chi connectivity index (χ3n) is 1.60. The van der Waals surface area contributed by atoms with E-state index in [9.17, 15) is 9.59 Å². The number of amides is 1. The lowest BCUT2D eigenvalue weighted by Crippen LogP contribution is -2.29. The van der Waals surface area contributed by atoms with Crippen LogP contribution in [0.4, 0.5) is 0 Å². The molecule has 0 aliphatic heterocycles. The molecule has 0 saturated carbocycles. The summed E-state index contributed by atoms with van der Waals surface area (Å²) in [6, 6.07) is 0. The lowest BCUT2D eigenvalue weighted by Gasteiger charge is -2.03. The van der Waals surface area contributed by atoms with Crippen LogP contribution in [0.5, 0.6) is 0 Å². The molecule has 0 fully saturated rings. The number of hydrogen-bond acceptors (Lipinski definition) is 4. The standard InChI is InChI=1S/C10H16N2O4/c1-4-11-10(15)8(3)12-16-7(2)5-6-9(13)14/h2,4-6H2,1,3H3,(H,11,15)(H,13,14)/b12-8+. The summed E-state index contributed by atoms with van der Waals surface area (Å²) in [6.45, 7) is 7.27. The van der Waals surface area contributed by atoms with Crippen LogP contribution in [0.3, 0.4) is 0 Å². The van der Waals surface area contributed by atoms with Crippen molar-refractivity contribution in [3.05, 3.63) is 12.3 Å². The third-order valence-corrected chi connectivity index (χ3v) is 1.60. The van der Waals surface area contributed by atoms with E-state index >= 15 is 0 Å². The monoisotopic (exact) mass is 228 g/mol. The summed E-state index contributed by atoms with van der Waals surface area (Å²) in [7, 11) is 0. The highest BCUT2D eigenvalue weighted by Gasteiger charge is 2.05. The first kappa shape index (κ1) is 14.2. The van der Waals surface area contributed by atoms with Gasteiger partial charge in [0.15, 0.2) is 0 Å². The van der Waals surface area contributed by atoms with Gasteiger partial charge >= 0.3 is 5.97 Å². The third kappa shape index (κ3) is 6.58. The fraction of sp³-hybridized carbons (Fsp3) is 0.500. The molecule has 0 unspecified atom stereocenters. The summed E-state index contributed by atoms with van der Waals surface area (Å²) in [4.78, 5) is 26.2. The molecule has 0 radical (unpaired) electrons. The van der Waals surface area contributed by atoms with Crippen molar-refractivity contribution in [2.24, 2.45) is 5.16 Å². The number of oxime groups is 1. The van der Waals surface area contributed by atoms with Crippen molar-refractivity contribution in [3.8, 4) is 0 Å². The molecule has 0 aromatic carbocycles. The van der Waals surface area contributed by atoms with Gasteiger partial charge < -0.3 is 15.3 Å². The molecule has 0 atom stereocenters. The fourth-order valence-electron chi connectivity index (χ4n) is 0.755. The van der Waals surface area contributed by atoms with E-state index in [2.05, 4.69) is 17.1 Å². The van der Waals surface area contributed by atoms with Gasteiger partial charge in [-0.25, -0.2) is 0 Å². The number of carboxylic acid groups (broad SMARTS) is 1. The largest absolute Gasteiger partial charge is 0.481 e. The summed E-state index contributed by atoms with van der Waals surface area (Å²) in [5.41, 5.74) is 0.165. The Labute approximate surface area is 94.0 Å². The molecule has 0 aliphatic rings. The summed E-state index contributed by atoms with van der Waals surface area (Å²) >= 11 is 0. The molecule has 0 spiro atoms. The van der Waals surface area contributed by atoms with E-state index in [0.29, 0.717) is 6.54 Å². The van der Waals surface area contributed by atoms with Gasteiger partial charge in [0.25, 0.3) is 5.91 Å². The van der Waals surface area contributed by atoms with Crippen LogP contribution in [0, 0.1) is 0 Å². The van der Waals surface area contributed by atoms with Crippen LogP contribution >= 0.6 is 0 Å². The van der Waals surface area contributed by atoms with Crippen LogP contribution in [0.15, 0.2) is 17.5 Å². The number of nitrogens with zero attached hydrogens (tertiary/aromatic N) is 1. The maximum atomic E-state index is 11.2. The Bertz CT molecular complexity index is 310. The van der Waals surface area contributed by atoms with Gasteiger partial charge in [0, 0.05) is 13.0 Å². The number of carbonyl (C=O) groups is 2. The highest BCUT2D eigenvalue weighted by atomic mass is 16.6. The molecule has 0 heterocycles. The van der Waals surface area contributed by atoms with E-state index in [1.807, 2.05) is 0 Å². The Morgan fingerprint density at radius 1 is 1.44 bits per heavy atom.